The quantitative estimate of drug-likeness (QED) is 0.444. The number of aromatic nitrogens is 5. The van der Waals surface area contributed by atoms with Gasteiger partial charge in [0.05, 0.1) is 24.9 Å². The summed E-state index contributed by atoms with van der Waals surface area (Å²) in [5, 5.41) is 0. The van der Waals surface area contributed by atoms with Gasteiger partial charge in [-0.3, -0.25) is 0 Å². The predicted octanol–water partition coefficient (Wildman–Crippen LogP) is 3.86. The van der Waals surface area contributed by atoms with Gasteiger partial charge in [0, 0.05) is 43.0 Å². The maximum absolute atomic E-state index is 13.0. The number of hydrogen-bond donors (Lipinski definition) is 0. The van der Waals surface area contributed by atoms with Crippen molar-refractivity contribution in [2.75, 3.05) is 31.2 Å². The fourth-order valence-corrected chi connectivity index (χ4v) is 4.71. The van der Waals surface area contributed by atoms with Crippen LogP contribution in [0.1, 0.15) is 23.9 Å². The second-order valence-electron chi connectivity index (χ2n) is 8.28. The summed E-state index contributed by atoms with van der Waals surface area (Å²) in [7, 11) is 0. The summed E-state index contributed by atoms with van der Waals surface area (Å²) in [5.74, 6) is 1.74. The second-order valence-corrected chi connectivity index (χ2v) is 8.28. The van der Waals surface area contributed by atoms with Crippen LogP contribution in [-0.4, -0.2) is 57.4 Å². The number of nitrogens with zero attached hydrogens (tertiary/aromatic N) is 6. The predicted molar refractivity (Wildman–Crippen MR) is 121 cm³/mol. The molecule has 5 heterocycles. The van der Waals surface area contributed by atoms with Crippen LogP contribution in [0.3, 0.4) is 0 Å². The van der Waals surface area contributed by atoms with E-state index in [9.17, 15) is 8.78 Å². The average Bonchev–Trinajstić information content (AvgIpc) is 3.44. The molecule has 3 aromatic heterocycles. The van der Waals surface area contributed by atoms with E-state index in [0.29, 0.717) is 30.4 Å². The molecule has 2 aliphatic heterocycles. The minimum absolute atomic E-state index is 0.181. The van der Waals surface area contributed by atoms with Gasteiger partial charge in [0.25, 0.3) is 0 Å². The summed E-state index contributed by atoms with van der Waals surface area (Å²) >= 11 is 0. The number of benzene rings is 1. The molecule has 0 radical (unpaired) electrons. The summed E-state index contributed by atoms with van der Waals surface area (Å²) in [6, 6.07) is 10.6. The number of rotatable bonds is 5. The van der Waals surface area contributed by atoms with Crippen molar-refractivity contribution in [3.05, 3.63) is 60.2 Å². The first-order valence-electron chi connectivity index (χ1n) is 11.2. The number of morpholine rings is 1. The smallest absolute Gasteiger partial charge is 0.387 e. The zero-order chi connectivity index (χ0) is 23.1. The van der Waals surface area contributed by atoms with E-state index < -0.39 is 6.61 Å². The van der Waals surface area contributed by atoms with Gasteiger partial charge in [0.15, 0.2) is 5.65 Å². The van der Waals surface area contributed by atoms with Crippen LogP contribution in [-0.2, 0) is 11.2 Å². The first-order chi connectivity index (χ1) is 16.7. The van der Waals surface area contributed by atoms with Gasteiger partial charge in [-0.2, -0.15) is 8.78 Å². The molecule has 0 saturated carbocycles. The summed E-state index contributed by atoms with van der Waals surface area (Å²) < 4.78 is 38.2. The topological polar surface area (TPSA) is 78.2 Å². The third-order valence-electron chi connectivity index (χ3n) is 6.29. The third kappa shape index (κ3) is 3.73. The number of hydrogen-bond acceptors (Lipinski definition) is 7. The van der Waals surface area contributed by atoms with Crippen molar-refractivity contribution in [3.8, 4) is 17.0 Å². The number of alkyl halides is 2. The molecule has 0 spiro atoms. The maximum Gasteiger partial charge on any atom is 0.387 e. The molecule has 6 rings (SSSR count). The Morgan fingerprint density at radius 2 is 1.79 bits per heavy atom. The highest BCUT2D eigenvalue weighted by Crippen LogP contribution is 2.39. The molecule has 174 valence electrons. The monoisotopic (exact) mass is 464 g/mol. The average molecular weight is 464 g/mol. The van der Waals surface area contributed by atoms with Gasteiger partial charge in [-0.05, 0) is 24.6 Å². The van der Waals surface area contributed by atoms with Crippen LogP contribution in [0.25, 0.3) is 22.4 Å². The lowest BCUT2D eigenvalue weighted by atomic mass is 10.0. The molecular formula is C24H22F2N6O2. The molecule has 4 aromatic rings. The largest absolute Gasteiger partial charge is 0.434 e. The Hall–Kier alpha value is -3.66. The summed E-state index contributed by atoms with van der Waals surface area (Å²) in [5.41, 5.74) is 3.70. The number of para-hydroxylation sites is 1. The van der Waals surface area contributed by atoms with E-state index >= 15 is 0 Å². The Morgan fingerprint density at radius 1 is 1.00 bits per heavy atom. The van der Waals surface area contributed by atoms with Gasteiger partial charge in [-0.25, -0.2) is 19.9 Å². The Labute approximate surface area is 194 Å². The van der Waals surface area contributed by atoms with E-state index in [2.05, 4.69) is 14.9 Å². The molecule has 0 aliphatic carbocycles. The summed E-state index contributed by atoms with van der Waals surface area (Å²) in [4.78, 5) is 20.8. The number of halogens is 2. The number of fused-ring (bicyclic) bond motifs is 3. The standard InChI is InChI=1S/C24H22F2N6O2/c25-23(26)34-20-4-2-1-3-16(20)19-7-8-21-29-18-6-5-17(30-22(18)32(19)21)15-13-27-24(28-14-15)31-9-11-33-12-10-31/h1-6,13-14,19,23H,7-12H2. The van der Waals surface area contributed by atoms with Crippen LogP contribution in [0.15, 0.2) is 48.8 Å². The molecule has 1 fully saturated rings. The lowest BCUT2D eigenvalue weighted by Gasteiger charge is -2.26. The van der Waals surface area contributed by atoms with E-state index in [1.165, 1.54) is 0 Å². The van der Waals surface area contributed by atoms with Crippen LogP contribution in [0.2, 0.25) is 0 Å². The summed E-state index contributed by atoms with van der Waals surface area (Å²) in [6.07, 6.45) is 5.02. The maximum atomic E-state index is 13.0. The SMILES string of the molecule is FC(F)Oc1ccccc1C1CCc2nc3ccc(-c4cnc(N5CCOCC5)nc4)nc3n21. The minimum Gasteiger partial charge on any atom is -0.434 e. The van der Waals surface area contributed by atoms with Gasteiger partial charge >= 0.3 is 6.61 Å². The Bertz CT molecular complexity index is 1320. The second kappa shape index (κ2) is 8.60. The normalized spacial score (nSPS) is 18.0. The first kappa shape index (κ1) is 20.9. The van der Waals surface area contributed by atoms with E-state index in [1.807, 2.05) is 28.8 Å². The number of ether oxygens (including phenoxy) is 2. The van der Waals surface area contributed by atoms with Crippen molar-refractivity contribution in [3.63, 3.8) is 0 Å². The van der Waals surface area contributed by atoms with Crippen molar-refractivity contribution < 1.29 is 18.3 Å². The number of aryl methyl sites for hydroxylation is 1. The fourth-order valence-electron chi connectivity index (χ4n) is 4.71. The van der Waals surface area contributed by atoms with E-state index in [-0.39, 0.29) is 11.8 Å². The van der Waals surface area contributed by atoms with Gasteiger partial charge in [-0.15, -0.1) is 0 Å². The first-order valence-corrected chi connectivity index (χ1v) is 11.2. The van der Waals surface area contributed by atoms with Gasteiger partial charge in [-0.1, -0.05) is 18.2 Å². The van der Waals surface area contributed by atoms with Crippen LogP contribution >= 0.6 is 0 Å². The zero-order valence-corrected chi connectivity index (χ0v) is 18.3. The molecule has 8 nitrogen and oxygen atoms in total. The molecule has 2 aliphatic rings. The molecule has 0 N–H and O–H groups in total. The van der Waals surface area contributed by atoms with Crippen molar-refractivity contribution >= 4 is 17.1 Å². The molecule has 34 heavy (non-hydrogen) atoms. The van der Waals surface area contributed by atoms with Gasteiger partial charge in [0.2, 0.25) is 5.95 Å². The third-order valence-corrected chi connectivity index (χ3v) is 6.29. The lowest BCUT2D eigenvalue weighted by molar-refractivity contribution is -0.0506. The van der Waals surface area contributed by atoms with Gasteiger partial charge < -0.3 is 18.9 Å². The zero-order valence-electron chi connectivity index (χ0n) is 18.3. The van der Waals surface area contributed by atoms with E-state index in [0.717, 1.165) is 48.5 Å². The molecule has 0 bridgehead atoms. The molecule has 1 unspecified atom stereocenters. The van der Waals surface area contributed by atoms with Crippen molar-refractivity contribution in [1.82, 2.24) is 24.5 Å². The number of pyridine rings is 1. The summed E-state index contributed by atoms with van der Waals surface area (Å²) in [6.45, 7) is -0.00973. The molecule has 1 atom stereocenters. The van der Waals surface area contributed by atoms with Crippen LogP contribution in [0.4, 0.5) is 14.7 Å². The highest BCUT2D eigenvalue weighted by Gasteiger charge is 2.30. The number of anilines is 1. The van der Waals surface area contributed by atoms with Crippen molar-refractivity contribution in [2.45, 2.75) is 25.5 Å². The number of imidazole rings is 1. The minimum atomic E-state index is -2.88. The fraction of sp³-hybridized carbons (Fsp3) is 0.333. The van der Waals surface area contributed by atoms with Crippen molar-refractivity contribution in [2.24, 2.45) is 0 Å². The van der Waals surface area contributed by atoms with E-state index in [1.54, 1.807) is 24.5 Å². The Kier molecular flexibility index (Phi) is 5.29. The van der Waals surface area contributed by atoms with Crippen molar-refractivity contribution in [1.29, 1.82) is 0 Å². The van der Waals surface area contributed by atoms with Gasteiger partial charge in [0.1, 0.15) is 17.1 Å². The highest BCUT2D eigenvalue weighted by molar-refractivity contribution is 5.76. The van der Waals surface area contributed by atoms with Crippen LogP contribution in [0.5, 0.6) is 5.75 Å². The molecule has 10 heteroatoms. The molecular weight excluding hydrogens is 442 g/mol. The highest BCUT2D eigenvalue weighted by atomic mass is 19.3. The van der Waals surface area contributed by atoms with Crippen LogP contribution in [0, 0.1) is 0 Å². The lowest BCUT2D eigenvalue weighted by Crippen LogP contribution is -2.37. The van der Waals surface area contributed by atoms with Crippen LogP contribution < -0.4 is 9.64 Å². The molecule has 1 aromatic carbocycles. The Morgan fingerprint density at radius 3 is 2.59 bits per heavy atom. The molecule has 0 amide bonds. The van der Waals surface area contributed by atoms with E-state index in [4.69, 9.17) is 19.4 Å². The molecule has 1 saturated heterocycles. The Balaban J connectivity index is 1.36.